The number of nitrogens with zero attached hydrogens (tertiary/aromatic N) is 4. The molecule has 0 spiro atoms. The summed E-state index contributed by atoms with van der Waals surface area (Å²) in [6, 6.07) is 1.96. The van der Waals surface area contributed by atoms with Crippen LogP contribution < -0.4 is 0 Å². The average Bonchev–Trinajstić information content (AvgIpc) is 3.13. The number of amides is 1. The van der Waals surface area contributed by atoms with Crippen molar-refractivity contribution in [2.24, 2.45) is 0 Å². The van der Waals surface area contributed by atoms with Crippen LogP contribution in [-0.4, -0.2) is 48.5 Å². The van der Waals surface area contributed by atoms with Crippen molar-refractivity contribution >= 4 is 28.3 Å². The topological polar surface area (TPSA) is 86.5 Å². The minimum atomic E-state index is -0.879. The third-order valence-corrected chi connectivity index (χ3v) is 3.87. The summed E-state index contributed by atoms with van der Waals surface area (Å²) in [7, 11) is 0. The number of aromatic amines is 1. The molecule has 3 aromatic rings. The fraction of sp³-hybridized carbons (Fsp3) is 0.214. The third kappa shape index (κ3) is 1.78. The van der Waals surface area contributed by atoms with Gasteiger partial charge in [-0.15, -0.1) is 0 Å². The fourth-order valence-electron chi connectivity index (χ4n) is 2.75. The molecule has 0 saturated carbocycles. The summed E-state index contributed by atoms with van der Waals surface area (Å²) in [6.07, 6.45) is 7.15. The van der Waals surface area contributed by atoms with Crippen molar-refractivity contribution in [1.29, 1.82) is 0 Å². The number of hydrogen-bond acceptors (Lipinski definition) is 3. The van der Waals surface area contributed by atoms with E-state index in [-0.39, 0.29) is 0 Å². The number of nitrogens with one attached hydrogen (secondary N) is 1. The van der Waals surface area contributed by atoms with Gasteiger partial charge >= 0.3 is 6.09 Å². The van der Waals surface area contributed by atoms with Gasteiger partial charge in [0.2, 0.25) is 0 Å². The van der Waals surface area contributed by atoms with E-state index in [9.17, 15) is 4.79 Å². The Labute approximate surface area is 119 Å². The predicted octanol–water partition coefficient (Wildman–Crippen LogP) is 1.98. The van der Waals surface area contributed by atoms with Crippen LogP contribution in [0.1, 0.15) is 12.1 Å². The van der Waals surface area contributed by atoms with Crippen molar-refractivity contribution in [2.75, 3.05) is 13.1 Å². The summed E-state index contributed by atoms with van der Waals surface area (Å²) in [5.41, 5.74) is 4.70. The minimum Gasteiger partial charge on any atom is -0.465 e. The van der Waals surface area contributed by atoms with Crippen molar-refractivity contribution in [2.45, 2.75) is 6.42 Å². The Balaban J connectivity index is 1.79. The Bertz CT molecular complexity index is 876. The molecular formula is C14H13N5O2. The highest BCUT2D eigenvalue weighted by atomic mass is 16.4. The molecular weight excluding hydrogens is 270 g/mol. The van der Waals surface area contributed by atoms with Crippen molar-refractivity contribution in [1.82, 2.24) is 24.3 Å². The zero-order valence-corrected chi connectivity index (χ0v) is 11.2. The number of imidazole rings is 1. The number of H-pyrrole nitrogens is 1. The largest absolute Gasteiger partial charge is 0.465 e. The molecule has 0 saturated heterocycles. The van der Waals surface area contributed by atoms with E-state index in [4.69, 9.17) is 5.11 Å². The van der Waals surface area contributed by atoms with E-state index in [0.717, 1.165) is 27.9 Å². The molecule has 4 rings (SSSR count). The second-order valence-corrected chi connectivity index (χ2v) is 5.03. The summed E-state index contributed by atoms with van der Waals surface area (Å²) in [5.74, 6) is 0. The lowest BCUT2D eigenvalue weighted by Crippen LogP contribution is -2.33. The molecule has 2 N–H and O–H groups in total. The number of hydrogen-bond donors (Lipinski definition) is 2. The maximum Gasteiger partial charge on any atom is 0.407 e. The Morgan fingerprint density at radius 2 is 2.24 bits per heavy atom. The maximum atomic E-state index is 10.9. The molecule has 21 heavy (non-hydrogen) atoms. The van der Waals surface area contributed by atoms with E-state index in [0.29, 0.717) is 19.5 Å². The maximum absolute atomic E-state index is 10.9. The van der Waals surface area contributed by atoms with Crippen LogP contribution >= 0.6 is 0 Å². The van der Waals surface area contributed by atoms with Gasteiger partial charge < -0.3 is 15.0 Å². The number of carboxylic acid groups (broad SMARTS) is 1. The second-order valence-electron chi connectivity index (χ2n) is 5.03. The van der Waals surface area contributed by atoms with Crippen LogP contribution in [-0.2, 0) is 0 Å². The third-order valence-electron chi connectivity index (χ3n) is 3.87. The van der Waals surface area contributed by atoms with E-state index in [1.165, 1.54) is 4.90 Å². The molecule has 0 bridgehead atoms. The summed E-state index contributed by atoms with van der Waals surface area (Å²) in [4.78, 5) is 24.3. The van der Waals surface area contributed by atoms with Gasteiger partial charge in [-0.3, -0.25) is 4.40 Å². The summed E-state index contributed by atoms with van der Waals surface area (Å²) < 4.78 is 2.00. The Hall–Kier alpha value is -2.83. The monoisotopic (exact) mass is 283 g/mol. The lowest BCUT2D eigenvalue weighted by Gasteiger charge is -2.23. The number of rotatable bonds is 1. The van der Waals surface area contributed by atoms with Gasteiger partial charge in [-0.2, -0.15) is 0 Å². The van der Waals surface area contributed by atoms with Crippen LogP contribution in [0.15, 0.2) is 30.9 Å². The first-order valence-electron chi connectivity index (χ1n) is 6.70. The van der Waals surface area contributed by atoms with Gasteiger partial charge in [0, 0.05) is 19.3 Å². The molecule has 0 fully saturated rings. The Kier molecular flexibility index (Phi) is 2.47. The van der Waals surface area contributed by atoms with Gasteiger partial charge in [-0.05, 0) is 18.1 Å². The molecule has 7 nitrogen and oxygen atoms in total. The standard InChI is InChI=1S/C14H13N5O2/c20-14(21)18-5-2-9(3-6-18)12-11-7-16-13-10(1-4-15-13)19(11)8-17-12/h1-2,4,7-8,15H,3,5-6H2,(H,20,21). The number of carbonyl (C=O) groups is 1. The summed E-state index contributed by atoms with van der Waals surface area (Å²) in [5, 5.41) is 8.98. The van der Waals surface area contributed by atoms with E-state index in [2.05, 4.69) is 15.0 Å². The zero-order chi connectivity index (χ0) is 14.4. The van der Waals surface area contributed by atoms with E-state index < -0.39 is 6.09 Å². The van der Waals surface area contributed by atoms with Gasteiger partial charge in [0.1, 0.15) is 6.33 Å². The lowest BCUT2D eigenvalue weighted by molar-refractivity contribution is 0.150. The molecule has 0 aliphatic carbocycles. The van der Waals surface area contributed by atoms with Crippen LogP contribution in [0, 0.1) is 0 Å². The highest BCUT2D eigenvalue weighted by Crippen LogP contribution is 2.26. The van der Waals surface area contributed by atoms with Gasteiger partial charge in [0.25, 0.3) is 0 Å². The van der Waals surface area contributed by atoms with Crippen molar-refractivity contribution in [3.63, 3.8) is 0 Å². The van der Waals surface area contributed by atoms with Gasteiger partial charge in [-0.25, -0.2) is 14.8 Å². The molecule has 106 valence electrons. The highest BCUT2D eigenvalue weighted by molar-refractivity contribution is 5.82. The SMILES string of the molecule is O=C(O)N1CC=C(c2ncn3c2cnc2[nH]ccc23)CC1. The molecule has 0 unspecified atom stereocenters. The van der Waals surface area contributed by atoms with Gasteiger partial charge in [0.15, 0.2) is 5.65 Å². The first kappa shape index (κ1) is 12.0. The molecule has 3 aromatic heterocycles. The van der Waals surface area contributed by atoms with Crippen LogP contribution in [0.5, 0.6) is 0 Å². The molecule has 0 radical (unpaired) electrons. The molecule has 4 heterocycles. The first-order chi connectivity index (χ1) is 10.2. The van der Waals surface area contributed by atoms with Crippen LogP contribution in [0.25, 0.3) is 22.3 Å². The minimum absolute atomic E-state index is 0.406. The Morgan fingerprint density at radius 3 is 3.00 bits per heavy atom. The van der Waals surface area contributed by atoms with E-state index in [1.807, 2.05) is 22.7 Å². The zero-order valence-electron chi connectivity index (χ0n) is 11.2. The molecule has 7 heteroatoms. The quantitative estimate of drug-likeness (QED) is 0.715. The van der Waals surface area contributed by atoms with E-state index >= 15 is 0 Å². The number of fused-ring (bicyclic) bond motifs is 3. The fourth-order valence-corrected chi connectivity index (χ4v) is 2.75. The normalized spacial score (nSPS) is 15.6. The predicted molar refractivity (Wildman–Crippen MR) is 77.0 cm³/mol. The van der Waals surface area contributed by atoms with Crippen molar-refractivity contribution in [3.8, 4) is 0 Å². The van der Waals surface area contributed by atoms with Crippen molar-refractivity contribution in [3.05, 3.63) is 36.6 Å². The molecule has 0 atom stereocenters. The van der Waals surface area contributed by atoms with Crippen LogP contribution in [0.3, 0.4) is 0 Å². The molecule has 1 aliphatic rings. The highest BCUT2D eigenvalue weighted by Gasteiger charge is 2.19. The van der Waals surface area contributed by atoms with Crippen LogP contribution in [0.4, 0.5) is 4.79 Å². The average molecular weight is 283 g/mol. The van der Waals surface area contributed by atoms with E-state index in [1.54, 1.807) is 12.5 Å². The molecule has 1 aliphatic heterocycles. The number of aromatic nitrogens is 4. The van der Waals surface area contributed by atoms with Gasteiger partial charge in [-0.1, -0.05) is 6.08 Å². The Morgan fingerprint density at radius 1 is 1.33 bits per heavy atom. The lowest BCUT2D eigenvalue weighted by atomic mass is 10.0. The summed E-state index contributed by atoms with van der Waals surface area (Å²) >= 11 is 0. The summed E-state index contributed by atoms with van der Waals surface area (Å²) in [6.45, 7) is 0.906. The van der Waals surface area contributed by atoms with Crippen LogP contribution in [0.2, 0.25) is 0 Å². The van der Waals surface area contributed by atoms with Crippen molar-refractivity contribution < 1.29 is 9.90 Å². The first-order valence-corrected chi connectivity index (χ1v) is 6.70. The second kappa shape index (κ2) is 4.34. The smallest absolute Gasteiger partial charge is 0.407 e. The molecule has 1 amide bonds. The van der Waals surface area contributed by atoms with Gasteiger partial charge in [0.05, 0.1) is 22.9 Å². The molecule has 0 aromatic carbocycles.